The lowest BCUT2D eigenvalue weighted by Crippen LogP contribution is -2.27. The van der Waals surface area contributed by atoms with Crippen LogP contribution in [0.3, 0.4) is 0 Å². The van der Waals surface area contributed by atoms with Crippen molar-refractivity contribution < 1.29 is 41.0 Å². The third-order valence-corrected chi connectivity index (χ3v) is 1.79. The van der Waals surface area contributed by atoms with E-state index in [4.69, 9.17) is 5.11 Å². The molecule has 0 aliphatic carbocycles. The summed E-state index contributed by atoms with van der Waals surface area (Å²) in [5.41, 5.74) is -5.62. The van der Waals surface area contributed by atoms with Gasteiger partial charge in [0, 0.05) is 6.20 Å². The van der Waals surface area contributed by atoms with Crippen molar-refractivity contribution in [3.05, 3.63) is 27.7 Å². The molecule has 0 unspecified atom stereocenters. The number of carboxylic acid groups (broad SMARTS) is 1. The highest BCUT2D eigenvalue weighted by Gasteiger charge is 2.41. The van der Waals surface area contributed by atoms with E-state index in [2.05, 4.69) is 4.74 Å². The molecule has 1 rings (SSSR count). The van der Waals surface area contributed by atoms with E-state index in [0.717, 1.165) is 0 Å². The Morgan fingerprint density at radius 3 is 2.11 bits per heavy atom. The first-order valence-electron chi connectivity index (χ1n) is 4.25. The summed E-state index contributed by atoms with van der Waals surface area (Å²) in [7, 11) is 0. The molecular weight excluding hydrogens is 288 g/mol. The van der Waals surface area contributed by atoms with Gasteiger partial charge in [0.25, 0.3) is 5.56 Å². The maximum absolute atomic E-state index is 12.4. The van der Waals surface area contributed by atoms with Gasteiger partial charge in [-0.3, -0.25) is 4.79 Å². The van der Waals surface area contributed by atoms with Gasteiger partial charge in [-0.25, -0.2) is 4.79 Å². The third kappa shape index (κ3) is 3.39. The lowest BCUT2D eigenvalue weighted by molar-refractivity contribution is -0.275. The lowest BCUT2D eigenvalue weighted by Gasteiger charge is -2.14. The van der Waals surface area contributed by atoms with Gasteiger partial charge in [-0.05, 0) is 0 Å². The second kappa shape index (κ2) is 4.48. The normalized spacial score (nSPS) is 12.3. The van der Waals surface area contributed by atoms with Crippen molar-refractivity contribution >= 4 is 5.97 Å². The summed E-state index contributed by atoms with van der Waals surface area (Å²) in [5, 5.41) is 8.53. The first-order valence-corrected chi connectivity index (χ1v) is 4.25. The molecule has 0 spiro atoms. The van der Waals surface area contributed by atoms with Crippen LogP contribution in [0.2, 0.25) is 0 Å². The molecule has 11 heteroatoms. The number of aromatic carboxylic acids is 1. The van der Waals surface area contributed by atoms with E-state index in [1.165, 1.54) is 4.98 Å². The molecular formula is C8H3F6NO4. The zero-order valence-electron chi connectivity index (χ0n) is 8.52. The largest absolute Gasteiger partial charge is 0.573 e. The average molecular weight is 291 g/mol. The first-order chi connectivity index (χ1) is 8.43. The number of ether oxygens (including phenoxy) is 1. The Hall–Kier alpha value is -2.20. The van der Waals surface area contributed by atoms with Crippen LogP contribution in [-0.2, 0) is 6.18 Å². The minimum atomic E-state index is -5.51. The highest BCUT2D eigenvalue weighted by Crippen LogP contribution is 2.35. The molecule has 5 nitrogen and oxygen atoms in total. The molecule has 0 fully saturated rings. The van der Waals surface area contributed by atoms with Gasteiger partial charge < -0.3 is 14.8 Å². The zero-order chi connectivity index (χ0) is 15.0. The quantitative estimate of drug-likeness (QED) is 0.817. The predicted molar refractivity (Wildman–Crippen MR) is 45.7 cm³/mol. The minimum Gasteiger partial charge on any atom is -0.478 e. The number of rotatable bonds is 2. The van der Waals surface area contributed by atoms with Crippen LogP contribution in [0.25, 0.3) is 0 Å². The monoisotopic (exact) mass is 291 g/mol. The highest BCUT2D eigenvalue weighted by atomic mass is 19.4. The van der Waals surface area contributed by atoms with Gasteiger partial charge in [0.1, 0.15) is 5.56 Å². The van der Waals surface area contributed by atoms with E-state index in [1.807, 2.05) is 0 Å². The molecule has 0 saturated carbocycles. The van der Waals surface area contributed by atoms with Crippen LogP contribution in [0.4, 0.5) is 26.3 Å². The number of aromatic amines is 1. The van der Waals surface area contributed by atoms with Gasteiger partial charge in [0.15, 0.2) is 0 Å². The molecule has 2 N–H and O–H groups in total. The Balaban J connectivity index is 3.61. The van der Waals surface area contributed by atoms with Crippen LogP contribution < -0.4 is 10.3 Å². The summed E-state index contributed by atoms with van der Waals surface area (Å²) in [4.78, 5) is 22.9. The van der Waals surface area contributed by atoms with Crippen molar-refractivity contribution in [3.8, 4) is 5.75 Å². The fraction of sp³-hybridized carbons (Fsp3) is 0.250. The molecule has 0 aliphatic heterocycles. The number of halogens is 6. The van der Waals surface area contributed by atoms with Gasteiger partial charge >= 0.3 is 18.5 Å². The van der Waals surface area contributed by atoms with E-state index in [1.54, 1.807) is 0 Å². The Labute approximate surface area is 99.0 Å². The molecule has 19 heavy (non-hydrogen) atoms. The number of pyridine rings is 1. The van der Waals surface area contributed by atoms with Gasteiger partial charge in [-0.15, -0.1) is 13.2 Å². The van der Waals surface area contributed by atoms with Crippen molar-refractivity contribution in [1.29, 1.82) is 0 Å². The maximum atomic E-state index is 12.4. The Morgan fingerprint density at radius 2 is 1.74 bits per heavy atom. The summed E-state index contributed by atoms with van der Waals surface area (Å²) in [6.07, 6.45) is -10.8. The van der Waals surface area contributed by atoms with Crippen LogP contribution in [0, 0.1) is 0 Å². The van der Waals surface area contributed by atoms with Crippen LogP contribution in [0.15, 0.2) is 11.0 Å². The molecule has 1 aromatic rings. The topological polar surface area (TPSA) is 79.4 Å². The van der Waals surface area contributed by atoms with E-state index < -0.39 is 40.9 Å². The number of carboxylic acids is 1. The molecule has 0 aliphatic rings. The van der Waals surface area contributed by atoms with Crippen molar-refractivity contribution in [3.63, 3.8) is 0 Å². The van der Waals surface area contributed by atoms with E-state index >= 15 is 0 Å². The first kappa shape index (κ1) is 14.9. The maximum Gasteiger partial charge on any atom is 0.573 e. The summed E-state index contributed by atoms with van der Waals surface area (Å²) in [6, 6.07) is 0. The fourth-order valence-electron chi connectivity index (χ4n) is 1.16. The lowest BCUT2D eigenvalue weighted by atomic mass is 10.1. The van der Waals surface area contributed by atoms with Crippen molar-refractivity contribution in [2.75, 3.05) is 0 Å². The Morgan fingerprint density at radius 1 is 1.21 bits per heavy atom. The molecule has 1 heterocycles. The molecule has 0 aromatic carbocycles. The number of carbonyl (C=O) groups is 1. The zero-order valence-corrected chi connectivity index (χ0v) is 8.52. The predicted octanol–water partition coefficient (Wildman–Crippen LogP) is 1.99. The second-order valence-corrected chi connectivity index (χ2v) is 3.09. The van der Waals surface area contributed by atoms with Crippen molar-refractivity contribution in [2.24, 2.45) is 0 Å². The molecule has 0 atom stereocenters. The molecule has 1 aromatic heterocycles. The highest BCUT2D eigenvalue weighted by molar-refractivity contribution is 5.92. The number of hydrogen-bond acceptors (Lipinski definition) is 3. The standard InChI is InChI=1S/C8H3F6NO4/c9-7(10,11)2-1-15-5(16)4(3(2)6(17)18)19-8(12,13)14/h1H,(H,15,16)(H,17,18). The minimum absolute atomic E-state index is 0.0466. The van der Waals surface area contributed by atoms with Crippen molar-refractivity contribution in [1.82, 2.24) is 4.98 Å². The number of aromatic nitrogens is 1. The van der Waals surface area contributed by atoms with Crippen LogP contribution in [0.1, 0.15) is 15.9 Å². The average Bonchev–Trinajstić information content (AvgIpc) is 2.16. The summed E-state index contributed by atoms with van der Waals surface area (Å²) in [5.74, 6) is -4.35. The smallest absolute Gasteiger partial charge is 0.478 e. The fourth-order valence-corrected chi connectivity index (χ4v) is 1.16. The molecule has 0 amide bonds. The Kier molecular flexibility index (Phi) is 3.50. The Bertz CT molecular complexity index is 558. The summed E-state index contributed by atoms with van der Waals surface area (Å²) >= 11 is 0. The molecule has 0 radical (unpaired) electrons. The van der Waals surface area contributed by atoms with Crippen molar-refractivity contribution in [2.45, 2.75) is 12.5 Å². The van der Waals surface area contributed by atoms with Gasteiger partial charge in [0.05, 0.1) is 5.56 Å². The summed E-state index contributed by atoms with van der Waals surface area (Å²) < 4.78 is 76.2. The van der Waals surface area contributed by atoms with Gasteiger partial charge in [-0.1, -0.05) is 0 Å². The van der Waals surface area contributed by atoms with Crippen LogP contribution in [-0.4, -0.2) is 22.4 Å². The number of alkyl halides is 6. The van der Waals surface area contributed by atoms with Crippen LogP contribution in [0.5, 0.6) is 5.75 Å². The van der Waals surface area contributed by atoms with Gasteiger partial charge in [-0.2, -0.15) is 13.2 Å². The number of nitrogens with one attached hydrogen (secondary N) is 1. The molecule has 106 valence electrons. The van der Waals surface area contributed by atoms with E-state index in [9.17, 15) is 35.9 Å². The van der Waals surface area contributed by atoms with Gasteiger partial charge in [0.2, 0.25) is 5.75 Å². The number of hydrogen-bond donors (Lipinski definition) is 2. The second-order valence-electron chi connectivity index (χ2n) is 3.09. The SMILES string of the molecule is O=C(O)c1c(C(F)(F)F)c[nH]c(=O)c1OC(F)(F)F. The van der Waals surface area contributed by atoms with Crippen LogP contribution >= 0.6 is 0 Å². The third-order valence-electron chi connectivity index (χ3n) is 1.79. The summed E-state index contributed by atoms with van der Waals surface area (Å²) in [6.45, 7) is 0. The van der Waals surface area contributed by atoms with E-state index in [-0.39, 0.29) is 6.20 Å². The van der Waals surface area contributed by atoms with E-state index in [0.29, 0.717) is 0 Å². The molecule has 0 bridgehead atoms. The molecule has 0 saturated heterocycles. The number of H-pyrrole nitrogens is 1.